The molecule has 4 heterocycles. The van der Waals surface area contributed by atoms with Crippen LogP contribution in [0.3, 0.4) is 0 Å². The number of fused-ring (bicyclic) bond motifs is 1. The molecule has 4 rings (SSSR count). The van der Waals surface area contributed by atoms with E-state index in [9.17, 15) is 4.79 Å². The predicted molar refractivity (Wildman–Crippen MR) is 92.9 cm³/mol. The molecule has 0 radical (unpaired) electrons. The van der Waals surface area contributed by atoms with Gasteiger partial charge in [0.1, 0.15) is 0 Å². The maximum absolute atomic E-state index is 12.5. The molecule has 6 heteroatoms. The van der Waals surface area contributed by atoms with Crippen LogP contribution in [0.2, 0.25) is 0 Å². The monoisotopic (exact) mass is 345 g/mol. The smallest absolute Gasteiger partial charge is 0.225 e. The van der Waals surface area contributed by atoms with Crippen molar-refractivity contribution < 1.29 is 14.3 Å². The van der Waals surface area contributed by atoms with Gasteiger partial charge < -0.3 is 14.4 Å². The first kappa shape index (κ1) is 16.9. The SMILES string of the molecule is O=C(C[C@@H]1OC[C@@H]2CN(Cc3cccnc3)CC[C@@H]21)N1CCOCC1. The van der Waals surface area contributed by atoms with Crippen LogP contribution in [0, 0.1) is 11.8 Å². The standard InChI is InChI=1S/C19H27N3O3/c23-19(22-6-8-24-9-7-22)10-18-17-3-5-21(13-16(17)14-25-18)12-15-2-1-4-20-11-15/h1-2,4,11,16-18H,3,5-10,12-14H2/t16-,17-,18-/m0/s1. The first-order chi connectivity index (χ1) is 12.3. The largest absolute Gasteiger partial charge is 0.378 e. The van der Waals surface area contributed by atoms with Crippen molar-refractivity contribution in [1.29, 1.82) is 0 Å². The second-order valence-corrected chi connectivity index (χ2v) is 7.38. The minimum absolute atomic E-state index is 0.0980. The molecule has 0 N–H and O–H groups in total. The Bertz CT molecular complexity index is 577. The van der Waals surface area contributed by atoms with Gasteiger partial charge in [-0.15, -0.1) is 0 Å². The van der Waals surface area contributed by atoms with E-state index in [4.69, 9.17) is 9.47 Å². The zero-order valence-corrected chi connectivity index (χ0v) is 14.7. The summed E-state index contributed by atoms with van der Waals surface area (Å²) < 4.78 is 11.4. The van der Waals surface area contributed by atoms with Gasteiger partial charge in [-0.05, 0) is 30.5 Å². The number of amides is 1. The van der Waals surface area contributed by atoms with E-state index in [1.54, 1.807) is 0 Å². The van der Waals surface area contributed by atoms with E-state index in [2.05, 4.69) is 16.0 Å². The fraction of sp³-hybridized carbons (Fsp3) is 0.684. The van der Waals surface area contributed by atoms with Gasteiger partial charge in [0, 0.05) is 44.5 Å². The van der Waals surface area contributed by atoms with E-state index in [0.29, 0.717) is 31.5 Å². The van der Waals surface area contributed by atoms with Gasteiger partial charge in [0.2, 0.25) is 5.91 Å². The molecule has 3 aliphatic heterocycles. The van der Waals surface area contributed by atoms with Gasteiger partial charge in [-0.25, -0.2) is 0 Å². The highest BCUT2D eigenvalue weighted by atomic mass is 16.5. The van der Waals surface area contributed by atoms with E-state index in [1.807, 2.05) is 23.4 Å². The van der Waals surface area contributed by atoms with Crippen LogP contribution in [-0.4, -0.2) is 72.8 Å². The minimum Gasteiger partial charge on any atom is -0.378 e. The Hall–Kier alpha value is -1.50. The third kappa shape index (κ3) is 4.02. The lowest BCUT2D eigenvalue weighted by Crippen LogP contribution is -2.44. The number of carbonyl (C=O) groups is 1. The first-order valence-electron chi connectivity index (χ1n) is 9.38. The molecule has 0 aliphatic carbocycles. The van der Waals surface area contributed by atoms with E-state index >= 15 is 0 Å². The minimum atomic E-state index is 0.0980. The average molecular weight is 345 g/mol. The van der Waals surface area contributed by atoms with E-state index in [-0.39, 0.29) is 12.0 Å². The van der Waals surface area contributed by atoms with Crippen molar-refractivity contribution in [2.75, 3.05) is 46.0 Å². The quantitative estimate of drug-likeness (QED) is 0.820. The van der Waals surface area contributed by atoms with Gasteiger partial charge in [0.25, 0.3) is 0 Å². The summed E-state index contributed by atoms with van der Waals surface area (Å²) in [5.41, 5.74) is 1.26. The van der Waals surface area contributed by atoms with Crippen LogP contribution in [0.1, 0.15) is 18.4 Å². The number of nitrogens with zero attached hydrogens (tertiary/aromatic N) is 3. The Labute approximate surface area is 149 Å². The Morgan fingerprint density at radius 3 is 2.96 bits per heavy atom. The molecule has 0 unspecified atom stereocenters. The third-order valence-electron chi connectivity index (χ3n) is 5.75. The van der Waals surface area contributed by atoms with Gasteiger partial charge in [-0.2, -0.15) is 0 Å². The van der Waals surface area contributed by atoms with Crippen molar-refractivity contribution in [2.45, 2.75) is 25.5 Å². The molecule has 1 aromatic heterocycles. The molecule has 3 atom stereocenters. The average Bonchev–Trinajstić information content (AvgIpc) is 3.05. The number of rotatable bonds is 4. The number of piperidine rings is 1. The molecule has 1 aromatic rings. The van der Waals surface area contributed by atoms with Crippen molar-refractivity contribution in [3.8, 4) is 0 Å². The van der Waals surface area contributed by atoms with Crippen molar-refractivity contribution in [1.82, 2.24) is 14.8 Å². The van der Waals surface area contributed by atoms with Crippen molar-refractivity contribution in [3.63, 3.8) is 0 Å². The Morgan fingerprint density at radius 2 is 2.16 bits per heavy atom. The lowest BCUT2D eigenvalue weighted by Gasteiger charge is -2.36. The number of pyridine rings is 1. The third-order valence-corrected chi connectivity index (χ3v) is 5.75. The molecule has 0 saturated carbocycles. The molecular weight excluding hydrogens is 318 g/mol. The van der Waals surface area contributed by atoms with Crippen molar-refractivity contribution in [3.05, 3.63) is 30.1 Å². The van der Waals surface area contributed by atoms with Crippen LogP contribution in [0.25, 0.3) is 0 Å². The molecule has 0 aromatic carbocycles. The summed E-state index contributed by atoms with van der Waals surface area (Å²) in [5, 5.41) is 0. The number of hydrogen-bond acceptors (Lipinski definition) is 5. The molecule has 3 aliphatic rings. The normalized spacial score (nSPS) is 30.2. The lowest BCUT2D eigenvalue weighted by atomic mass is 9.83. The summed E-state index contributed by atoms with van der Waals surface area (Å²) >= 11 is 0. The van der Waals surface area contributed by atoms with Crippen LogP contribution in [0.5, 0.6) is 0 Å². The molecule has 1 amide bonds. The highest BCUT2D eigenvalue weighted by molar-refractivity contribution is 5.76. The first-order valence-corrected chi connectivity index (χ1v) is 9.38. The molecule has 0 bridgehead atoms. The van der Waals surface area contributed by atoms with Gasteiger partial charge >= 0.3 is 0 Å². The molecule has 6 nitrogen and oxygen atoms in total. The number of morpholine rings is 1. The van der Waals surface area contributed by atoms with E-state index < -0.39 is 0 Å². The Kier molecular flexibility index (Phi) is 5.29. The molecular formula is C19H27N3O3. The second kappa shape index (κ2) is 7.81. The summed E-state index contributed by atoms with van der Waals surface area (Å²) in [6.45, 7) is 6.63. The summed E-state index contributed by atoms with van der Waals surface area (Å²) in [6.07, 6.45) is 5.51. The summed E-state index contributed by atoms with van der Waals surface area (Å²) in [4.78, 5) is 21.1. The van der Waals surface area contributed by atoms with Gasteiger partial charge in [-0.1, -0.05) is 6.07 Å². The summed E-state index contributed by atoms with van der Waals surface area (Å²) in [5.74, 6) is 1.30. The number of aromatic nitrogens is 1. The fourth-order valence-electron chi connectivity index (χ4n) is 4.38. The number of likely N-dealkylation sites (tertiary alicyclic amines) is 1. The second-order valence-electron chi connectivity index (χ2n) is 7.38. The zero-order valence-electron chi connectivity index (χ0n) is 14.7. The molecule has 136 valence electrons. The highest BCUT2D eigenvalue weighted by Gasteiger charge is 2.41. The maximum atomic E-state index is 12.5. The van der Waals surface area contributed by atoms with Crippen molar-refractivity contribution in [2.24, 2.45) is 11.8 Å². The molecule has 0 spiro atoms. The van der Waals surface area contributed by atoms with Crippen LogP contribution < -0.4 is 0 Å². The lowest BCUT2D eigenvalue weighted by molar-refractivity contribution is -0.138. The van der Waals surface area contributed by atoms with Crippen LogP contribution >= 0.6 is 0 Å². The zero-order chi connectivity index (χ0) is 17.1. The predicted octanol–water partition coefficient (Wildman–Crippen LogP) is 1.17. The molecule has 3 saturated heterocycles. The van der Waals surface area contributed by atoms with Gasteiger partial charge in [0.05, 0.1) is 32.3 Å². The Balaban J connectivity index is 1.29. The molecule has 25 heavy (non-hydrogen) atoms. The molecule has 3 fully saturated rings. The topological polar surface area (TPSA) is 54.9 Å². The van der Waals surface area contributed by atoms with Crippen molar-refractivity contribution >= 4 is 5.91 Å². The van der Waals surface area contributed by atoms with Crippen LogP contribution in [-0.2, 0) is 20.8 Å². The number of carbonyl (C=O) groups excluding carboxylic acids is 1. The number of ether oxygens (including phenoxy) is 2. The van der Waals surface area contributed by atoms with Crippen LogP contribution in [0.15, 0.2) is 24.5 Å². The van der Waals surface area contributed by atoms with E-state index in [0.717, 1.165) is 45.8 Å². The van der Waals surface area contributed by atoms with E-state index in [1.165, 1.54) is 5.56 Å². The summed E-state index contributed by atoms with van der Waals surface area (Å²) in [6, 6.07) is 4.13. The van der Waals surface area contributed by atoms with Crippen LogP contribution in [0.4, 0.5) is 0 Å². The van der Waals surface area contributed by atoms with Gasteiger partial charge in [0.15, 0.2) is 0 Å². The fourth-order valence-corrected chi connectivity index (χ4v) is 4.38. The summed E-state index contributed by atoms with van der Waals surface area (Å²) in [7, 11) is 0. The Morgan fingerprint density at radius 1 is 1.28 bits per heavy atom. The van der Waals surface area contributed by atoms with Gasteiger partial charge in [-0.3, -0.25) is 14.7 Å². The highest BCUT2D eigenvalue weighted by Crippen LogP contribution is 2.36. The maximum Gasteiger partial charge on any atom is 0.225 e. The number of hydrogen-bond donors (Lipinski definition) is 0.